The van der Waals surface area contributed by atoms with E-state index >= 15 is 0 Å². The first-order valence-corrected chi connectivity index (χ1v) is 10.2. The largest absolute Gasteiger partial charge is 0.368 e. The van der Waals surface area contributed by atoms with Gasteiger partial charge in [0.1, 0.15) is 6.10 Å². The second-order valence-electron chi connectivity index (χ2n) is 7.85. The molecule has 3 heterocycles. The Labute approximate surface area is 156 Å². The fourth-order valence-electron chi connectivity index (χ4n) is 4.45. The summed E-state index contributed by atoms with van der Waals surface area (Å²) in [7, 11) is 0. The molecule has 2 saturated heterocycles. The summed E-state index contributed by atoms with van der Waals surface area (Å²) in [5.41, 5.74) is 3.00. The highest BCUT2D eigenvalue weighted by molar-refractivity contribution is 5.81. The topological polar surface area (TPSA) is 44.8 Å². The highest BCUT2D eigenvalue weighted by Crippen LogP contribution is 2.19. The van der Waals surface area contributed by atoms with Crippen LogP contribution in [0.3, 0.4) is 0 Å². The molecule has 1 amide bonds. The van der Waals surface area contributed by atoms with Crippen LogP contribution in [0.4, 0.5) is 0 Å². The van der Waals surface area contributed by atoms with Crippen LogP contribution in [-0.4, -0.2) is 67.2 Å². The molecule has 1 atom stereocenters. The Morgan fingerprint density at radius 1 is 1.12 bits per heavy atom. The molecule has 3 aliphatic rings. The average Bonchev–Trinajstić information content (AvgIpc) is 3.23. The third-order valence-corrected chi connectivity index (χ3v) is 6.08. The number of piperidine rings is 1. The van der Waals surface area contributed by atoms with Crippen LogP contribution in [0.5, 0.6) is 0 Å². The van der Waals surface area contributed by atoms with Crippen molar-refractivity contribution in [2.45, 2.75) is 50.8 Å². The molecule has 5 nitrogen and oxygen atoms in total. The van der Waals surface area contributed by atoms with E-state index in [1.54, 1.807) is 0 Å². The van der Waals surface area contributed by atoms with Crippen LogP contribution in [0, 0.1) is 0 Å². The van der Waals surface area contributed by atoms with Gasteiger partial charge in [-0.15, -0.1) is 0 Å². The van der Waals surface area contributed by atoms with Gasteiger partial charge in [0.05, 0.1) is 0 Å². The van der Waals surface area contributed by atoms with Crippen molar-refractivity contribution in [3.8, 4) is 0 Å². The molecule has 26 heavy (non-hydrogen) atoms. The lowest BCUT2D eigenvalue weighted by molar-refractivity contribution is -0.142. The minimum atomic E-state index is -0.165. The fourth-order valence-corrected chi connectivity index (χ4v) is 4.45. The number of ether oxygens (including phenoxy) is 1. The zero-order chi connectivity index (χ0) is 17.8. The molecule has 0 radical (unpaired) electrons. The van der Waals surface area contributed by atoms with Crippen molar-refractivity contribution in [3.05, 3.63) is 35.4 Å². The predicted molar refractivity (Wildman–Crippen MR) is 102 cm³/mol. The van der Waals surface area contributed by atoms with Gasteiger partial charge < -0.3 is 15.0 Å². The Hall–Kier alpha value is -1.43. The molecular formula is C21H31N3O2. The number of rotatable bonds is 5. The first-order valence-electron chi connectivity index (χ1n) is 10.2. The minimum absolute atomic E-state index is 0.165. The van der Waals surface area contributed by atoms with Crippen LogP contribution in [0.15, 0.2) is 24.3 Å². The normalized spacial score (nSPS) is 24.6. The lowest BCUT2D eigenvalue weighted by atomic mass is 10.00. The monoisotopic (exact) mass is 357 g/mol. The number of benzene rings is 1. The maximum absolute atomic E-state index is 12.4. The zero-order valence-electron chi connectivity index (χ0n) is 15.7. The number of carbonyl (C=O) groups excluding carboxylic acids is 1. The standard InChI is InChI=1S/C21H31N3O2/c25-21(20-6-3-15-26-20)24-12-8-19(9-13-24)22-10-14-23-11-7-17-4-1-2-5-18(17)16-23/h1-2,4-5,19-20,22H,3,6-16H2/t20-/m1/s1. The van der Waals surface area contributed by atoms with Crippen LogP contribution in [-0.2, 0) is 22.5 Å². The first-order chi connectivity index (χ1) is 12.8. The van der Waals surface area contributed by atoms with Crippen molar-refractivity contribution in [1.29, 1.82) is 0 Å². The lowest BCUT2D eigenvalue weighted by Gasteiger charge is -2.34. The first kappa shape index (κ1) is 18.0. The van der Waals surface area contributed by atoms with E-state index in [1.165, 1.54) is 17.5 Å². The van der Waals surface area contributed by atoms with E-state index in [0.717, 1.165) is 71.6 Å². The molecule has 0 aromatic heterocycles. The maximum atomic E-state index is 12.4. The Bertz CT molecular complexity index is 607. The molecule has 142 valence electrons. The summed E-state index contributed by atoms with van der Waals surface area (Å²) >= 11 is 0. The third-order valence-electron chi connectivity index (χ3n) is 6.08. The Kier molecular flexibility index (Phi) is 5.88. The van der Waals surface area contributed by atoms with Crippen LogP contribution in [0.1, 0.15) is 36.8 Å². The van der Waals surface area contributed by atoms with Crippen LogP contribution in [0.2, 0.25) is 0 Å². The summed E-state index contributed by atoms with van der Waals surface area (Å²) in [5, 5.41) is 3.71. The van der Waals surface area contributed by atoms with Crippen molar-refractivity contribution < 1.29 is 9.53 Å². The van der Waals surface area contributed by atoms with Gasteiger partial charge in [-0.05, 0) is 43.2 Å². The molecule has 0 aliphatic carbocycles. The Morgan fingerprint density at radius 3 is 2.69 bits per heavy atom. The van der Waals surface area contributed by atoms with Gasteiger partial charge in [-0.3, -0.25) is 9.69 Å². The lowest BCUT2D eigenvalue weighted by Crippen LogP contribution is -2.49. The molecule has 2 fully saturated rings. The molecule has 0 saturated carbocycles. The van der Waals surface area contributed by atoms with Gasteiger partial charge >= 0.3 is 0 Å². The van der Waals surface area contributed by atoms with E-state index in [4.69, 9.17) is 4.74 Å². The van der Waals surface area contributed by atoms with E-state index < -0.39 is 0 Å². The molecule has 1 aromatic rings. The molecule has 0 bridgehead atoms. The summed E-state index contributed by atoms with van der Waals surface area (Å²) < 4.78 is 5.54. The quantitative estimate of drug-likeness (QED) is 0.873. The van der Waals surface area contributed by atoms with Gasteiger partial charge in [0, 0.05) is 51.9 Å². The number of carbonyl (C=O) groups is 1. The Balaban J connectivity index is 1.15. The summed E-state index contributed by atoms with van der Waals surface area (Å²) in [6.07, 6.45) is 5.04. The maximum Gasteiger partial charge on any atom is 0.251 e. The number of amides is 1. The number of likely N-dealkylation sites (tertiary alicyclic amines) is 1. The number of nitrogens with one attached hydrogen (secondary N) is 1. The van der Waals surface area contributed by atoms with Gasteiger partial charge in [0.15, 0.2) is 0 Å². The van der Waals surface area contributed by atoms with Gasteiger partial charge in [-0.1, -0.05) is 24.3 Å². The van der Waals surface area contributed by atoms with Gasteiger partial charge in [0.25, 0.3) is 5.91 Å². The molecule has 5 heteroatoms. The van der Waals surface area contributed by atoms with Crippen LogP contribution < -0.4 is 5.32 Å². The van der Waals surface area contributed by atoms with Crippen LogP contribution >= 0.6 is 0 Å². The second-order valence-corrected chi connectivity index (χ2v) is 7.85. The summed E-state index contributed by atoms with van der Waals surface area (Å²) in [6.45, 7) is 6.85. The molecule has 4 rings (SSSR count). The molecule has 3 aliphatic heterocycles. The number of fused-ring (bicyclic) bond motifs is 1. The van der Waals surface area contributed by atoms with Crippen molar-refractivity contribution in [1.82, 2.24) is 15.1 Å². The Morgan fingerprint density at radius 2 is 1.92 bits per heavy atom. The van der Waals surface area contributed by atoms with Gasteiger partial charge in [0.2, 0.25) is 0 Å². The molecule has 0 unspecified atom stereocenters. The summed E-state index contributed by atoms with van der Waals surface area (Å²) in [4.78, 5) is 17.0. The van der Waals surface area contributed by atoms with Crippen molar-refractivity contribution in [2.75, 3.05) is 39.3 Å². The van der Waals surface area contributed by atoms with Crippen molar-refractivity contribution >= 4 is 5.91 Å². The molecule has 1 aromatic carbocycles. The van der Waals surface area contributed by atoms with Crippen molar-refractivity contribution in [2.24, 2.45) is 0 Å². The van der Waals surface area contributed by atoms with Gasteiger partial charge in [-0.25, -0.2) is 0 Å². The third kappa shape index (κ3) is 4.27. The second kappa shape index (κ2) is 8.51. The molecule has 0 spiro atoms. The molecular weight excluding hydrogens is 326 g/mol. The summed E-state index contributed by atoms with van der Waals surface area (Å²) in [5.74, 6) is 0.216. The van der Waals surface area contributed by atoms with E-state index in [2.05, 4.69) is 34.5 Å². The van der Waals surface area contributed by atoms with E-state index in [9.17, 15) is 4.79 Å². The summed E-state index contributed by atoms with van der Waals surface area (Å²) in [6, 6.07) is 9.35. The van der Waals surface area contributed by atoms with E-state index in [1.807, 2.05) is 4.90 Å². The zero-order valence-corrected chi connectivity index (χ0v) is 15.7. The minimum Gasteiger partial charge on any atom is -0.368 e. The van der Waals surface area contributed by atoms with Crippen molar-refractivity contribution in [3.63, 3.8) is 0 Å². The highest BCUT2D eigenvalue weighted by atomic mass is 16.5. The van der Waals surface area contributed by atoms with Gasteiger partial charge in [-0.2, -0.15) is 0 Å². The number of nitrogens with zero attached hydrogens (tertiary/aromatic N) is 2. The SMILES string of the molecule is O=C([C@H]1CCCO1)N1CCC(NCCN2CCc3ccccc3C2)CC1. The number of hydrogen-bond acceptors (Lipinski definition) is 4. The number of hydrogen-bond donors (Lipinski definition) is 1. The average molecular weight is 357 g/mol. The van der Waals surface area contributed by atoms with Crippen LogP contribution in [0.25, 0.3) is 0 Å². The predicted octanol–water partition coefficient (Wildman–Crippen LogP) is 1.80. The molecule has 1 N–H and O–H groups in total. The smallest absolute Gasteiger partial charge is 0.251 e. The highest BCUT2D eigenvalue weighted by Gasteiger charge is 2.30. The van der Waals surface area contributed by atoms with E-state index in [-0.39, 0.29) is 12.0 Å². The van der Waals surface area contributed by atoms with E-state index in [0.29, 0.717) is 6.04 Å². The fraction of sp³-hybridized carbons (Fsp3) is 0.667.